The maximum absolute atomic E-state index is 13.2. The summed E-state index contributed by atoms with van der Waals surface area (Å²) in [6.07, 6.45) is 9.04. The van der Waals surface area contributed by atoms with Crippen molar-refractivity contribution in [2.45, 2.75) is 17.7 Å². The summed E-state index contributed by atoms with van der Waals surface area (Å²) in [7, 11) is -3.21. The zero-order valence-electron chi connectivity index (χ0n) is 13.2. The average Bonchev–Trinajstić information content (AvgIpc) is 3.19. The number of sulfone groups is 1. The lowest BCUT2D eigenvalue weighted by atomic mass is 9.98. The Bertz CT molecular complexity index is 967. The van der Waals surface area contributed by atoms with Crippen molar-refractivity contribution in [3.05, 3.63) is 71.8 Å². The molecule has 0 radical (unpaired) electrons. The molecular weight excluding hydrogens is 325 g/mol. The minimum atomic E-state index is -3.21. The molecule has 3 nitrogen and oxygen atoms in total. The number of halogens is 1. The van der Waals surface area contributed by atoms with Crippen LogP contribution in [0.5, 0.6) is 0 Å². The summed E-state index contributed by atoms with van der Waals surface area (Å²) in [6, 6.07) is 9.98. The normalized spacial score (nSPS) is 18.4. The SMILES string of the molecule is CS(=O)(=O)c1ccc(C2=CC3(C=C2c2ccc(F)cn2)CC3)cc1. The summed E-state index contributed by atoms with van der Waals surface area (Å²) in [4.78, 5) is 4.51. The topological polar surface area (TPSA) is 47.0 Å². The summed E-state index contributed by atoms with van der Waals surface area (Å²) in [6.45, 7) is 0. The zero-order chi connectivity index (χ0) is 16.9. The highest BCUT2D eigenvalue weighted by Crippen LogP contribution is 2.57. The molecule has 2 aliphatic rings. The molecule has 1 spiro atoms. The molecule has 1 fully saturated rings. The summed E-state index contributed by atoms with van der Waals surface area (Å²) < 4.78 is 36.4. The van der Waals surface area contributed by atoms with Gasteiger partial charge in [0, 0.05) is 17.2 Å². The first-order valence-electron chi connectivity index (χ1n) is 7.75. The van der Waals surface area contributed by atoms with Crippen molar-refractivity contribution in [3.8, 4) is 0 Å². The van der Waals surface area contributed by atoms with Gasteiger partial charge in [-0.1, -0.05) is 24.3 Å². The van der Waals surface area contributed by atoms with Crippen LogP contribution in [0.25, 0.3) is 11.1 Å². The van der Waals surface area contributed by atoms with Crippen LogP contribution >= 0.6 is 0 Å². The smallest absolute Gasteiger partial charge is 0.175 e. The Morgan fingerprint density at radius 2 is 1.67 bits per heavy atom. The predicted octanol–water partition coefficient (Wildman–Crippen LogP) is 3.89. The van der Waals surface area contributed by atoms with E-state index < -0.39 is 9.84 Å². The van der Waals surface area contributed by atoms with E-state index in [1.807, 2.05) is 12.1 Å². The number of hydrogen-bond acceptors (Lipinski definition) is 3. The molecule has 0 amide bonds. The van der Waals surface area contributed by atoms with Crippen molar-refractivity contribution in [1.29, 1.82) is 0 Å². The molecule has 1 heterocycles. The van der Waals surface area contributed by atoms with Crippen molar-refractivity contribution in [3.63, 3.8) is 0 Å². The standard InChI is InChI=1S/C19H16FNO2S/c1-24(22,23)15-5-2-13(3-6-15)16-10-19(8-9-19)11-17(16)18-7-4-14(20)12-21-18/h2-7,10-12H,8-9H2,1H3. The maximum Gasteiger partial charge on any atom is 0.175 e. The number of nitrogens with zero attached hydrogens (tertiary/aromatic N) is 1. The molecular formula is C19H16FNO2S. The van der Waals surface area contributed by atoms with Crippen LogP contribution in [0.3, 0.4) is 0 Å². The van der Waals surface area contributed by atoms with E-state index in [1.165, 1.54) is 18.5 Å². The summed E-state index contributed by atoms with van der Waals surface area (Å²) in [5, 5.41) is 0. The lowest BCUT2D eigenvalue weighted by molar-refractivity contribution is 0.602. The molecule has 0 bridgehead atoms. The highest BCUT2D eigenvalue weighted by Gasteiger charge is 2.43. The van der Waals surface area contributed by atoms with Gasteiger partial charge in [0.1, 0.15) is 5.82 Å². The van der Waals surface area contributed by atoms with Crippen LogP contribution in [0.2, 0.25) is 0 Å². The Morgan fingerprint density at radius 3 is 2.21 bits per heavy atom. The van der Waals surface area contributed by atoms with Crippen molar-refractivity contribution < 1.29 is 12.8 Å². The van der Waals surface area contributed by atoms with E-state index >= 15 is 0 Å². The van der Waals surface area contributed by atoms with Gasteiger partial charge in [-0.15, -0.1) is 0 Å². The Morgan fingerprint density at radius 1 is 1.00 bits per heavy atom. The van der Waals surface area contributed by atoms with Crippen LogP contribution < -0.4 is 0 Å². The van der Waals surface area contributed by atoms with E-state index in [0.29, 0.717) is 4.90 Å². The fourth-order valence-corrected chi connectivity index (χ4v) is 3.70. The highest BCUT2D eigenvalue weighted by atomic mass is 32.2. The van der Waals surface area contributed by atoms with E-state index in [9.17, 15) is 12.8 Å². The molecule has 0 N–H and O–H groups in total. The second-order valence-corrected chi connectivity index (χ2v) is 8.52. The second kappa shape index (κ2) is 5.11. The van der Waals surface area contributed by atoms with Gasteiger partial charge in [-0.3, -0.25) is 4.98 Å². The molecule has 1 aromatic carbocycles. The van der Waals surface area contributed by atoms with Crippen LogP contribution in [-0.2, 0) is 9.84 Å². The van der Waals surface area contributed by atoms with Gasteiger partial charge in [-0.25, -0.2) is 12.8 Å². The second-order valence-electron chi connectivity index (χ2n) is 6.51. The largest absolute Gasteiger partial charge is 0.253 e. The molecule has 2 aromatic rings. The van der Waals surface area contributed by atoms with Crippen molar-refractivity contribution in [2.75, 3.05) is 6.26 Å². The number of hydrogen-bond donors (Lipinski definition) is 0. The molecule has 2 aliphatic carbocycles. The molecule has 0 atom stereocenters. The Labute approximate surface area is 140 Å². The molecule has 4 rings (SSSR count). The first-order valence-corrected chi connectivity index (χ1v) is 9.64. The zero-order valence-corrected chi connectivity index (χ0v) is 14.0. The third-order valence-corrected chi connectivity index (χ3v) is 5.71. The lowest BCUT2D eigenvalue weighted by Crippen LogP contribution is -1.97. The Hall–Kier alpha value is -2.27. The number of benzene rings is 1. The molecule has 5 heteroatoms. The van der Waals surface area contributed by atoms with Crippen molar-refractivity contribution in [1.82, 2.24) is 4.98 Å². The van der Waals surface area contributed by atoms with Crippen molar-refractivity contribution >= 4 is 21.0 Å². The number of allylic oxidation sites excluding steroid dienone is 4. The first-order chi connectivity index (χ1) is 11.4. The summed E-state index contributed by atoms with van der Waals surface area (Å²) >= 11 is 0. The van der Waals surface area contributed by atoms with E-state index in [2.05, 4.69) is 17.1 Å². The minimum Gasteiger partial charge on any atom is -0.253 e. The van der Waals surface area contributed by atoms with Gasteiger partial charge in [0.15, 0.2) is 9.84 Å². The molecule has 24 heavy (non-hydrogen) atoms. The van der Waals surface area contributed by atoms with Crippen LogP contribution in [0.15, 0.2) is 59.6 Å². The minimum absolute atomic E-state index is 0.0935. The van der Waals surface area contributed by atoms with Crippen LogP contribution in [-0.4, -0.2) is 19.7 Å². The van der Waals surface area contributed by atoms with Gasteiger partial charge in [0.2, 0.25) is 0 Å². The van der Waals surface area contributed by atoms with Crippen LogP contribution in [0.4, 0.5) is 4.39 Å². The Kier molecular flexibility index (Phi) is 3.25. The third-order valence-electron chi connectivity index (χ3n) is 4.58. The third kappa shape index (κ3) is 2.69. The average molecular weight is 341 g/mol. The number of pyridine rings is 1. The van der Waals surface area contributed by atoms with E-state index in [0.717, 1.165) is 35.2 Å². The van der Waals surface area contributed by atoms with Gasteiger partial charge in [0.25, 0.3) is 0 Å². The van der Waals surface area contributed by atoms with Gasteiger partial charge in [-0.2, -0.15) is 0 Å². The lowest BCUT2D eigenvalue weighted by Gasteiger charge is -2.09. The predicted molar refractivity (Wildman–Crippen MR) is 91.4 cm³/mol. The van der Waals surface area contributed by atoms with Crippen LogP contribution in [0, 0.1) is 11.2 Å². The maximum atomic E-state index is 13.2. The quantitative estimate of drug-likeness (QED) is 0.851. The van der Waals surface area contributed by atoms with Crippen LogP contribution in [0.1, 0.15) is 24.1 Å². The molecule has 0 aliphatic heterocycles. The summed E-state index contributed by atoms with van der Waals surface area (Å²) in [5.74, 6) is -0.360. The molecule has 1 saturated carbocycles. The van der Waals surface area contributed by atoms with Gasteiger partial charge >= 0.3 is 0 Å². The van der Waals surface area contributed by atoms with E-state index in [-0.39, 0.29) is 11.2 Å². The highest BCUT2D eigenvalue weighted by molar-refractivity contribution is 7.90. The molecule has 0 saturated heterocycles. The van der Waals surface area contributed by atoms with Gasteiger partial charge in [0.05, 0.1) is 16.8 Å². The number of aromatic nitrogens is 1. The fraction of sp³-hybridized carbons (Fsp3) is 0.211. The van der Waals surface area contributed by atoms with Gasteiger partial charge < -0.3 is 0 Å². The van der Waals surface area contributed by atoms with E-state index in [4.69, 9.17) is 0 Å². The van der Waals surface area contributed by atoms with Gasteiger partial charge in [-0.05, 0) is 48.2 Å². The fourth-order valence-electron chi connectivity index (χ4n) is 3.07. The molecule has 122 valence electrons. The summed E-state index contributed by atoms with van der Waals surface area (Å²) in [5.41, 5.74) is 3.80. The van der Waals surface area contributed by atoms with E-state index in [1.54, 1.807) is 18.2 Å². The number of rotatable bonds is 3. The monoisotopic (exact) mass is 341 g/mol. The molecule has 0 unspecified atom stereocenters. The molecule has 1 aromatic heterocycles. The van der Waals surface area contributed by atoms with Crippen molar-refractivity contribution in [2.24, 2.45) is 5.41 Å². The Balaban J connectivity index is 1.76. The first kappa shape index (κ1) is 15.3.